The molecule has 1 aliphatic carbocycles. The van der Waals surface area contributed by atoms with Gasteiger partial charge < -0.3 is 15.4 Å². The van der Waals surface area contributed by atoms with Crippen molar-refractivity contribution in [3.8, 4) is 0 Å². The van der Waals surface area contributed by atoms with E-state index < -0.39 is 5.60 Å². The van der Waals surface area contributed by atoms with Gasteiger partial charge in [-0.1, -0.05) is 38.5 Å². The Hall–Kier alpha value is -0.770. The number of carbonyl (C=O) groups excluding carboxylic acids is 1. The standard InChI is InChI=1S/C17H32N2O2/c1-17(2,3)21-16(20)19-11-10-15(18)14(12-19)13-8-6-4-5-7-9-13/h13-15H,4-12,18H2,1-3H3. The minimum atomic E-state index is -0.422. The van der Waals surface area contributed by atoms with Gasteiger partial charge in [-0.05, 0) is 39.0 Å². The molecule has 1 saturated carbocycles. The van der Waals surface area contributed by atoms with Gasteiger partial charge in [0.25, 0.3) is 0 Å². The molecule has 0 aromatic carbocycles. The zero-order valence-corrected chi connectivity index (χ0v) is 13.9. The van der Waals surface area contributed by atoms with Crippen LogP contribution in [-0.2, 0) is 4.74 Å². The molecule has 0 aromatic heterocycles. The maximum absolute atomic E-state index is 12.3. The molecule has 4 nitrogen and oxygen atoms in total. The average Bonchev–Trinajstić information content (AvgIpc) is 2.66. The predicted octanol–water partition coefficient (Wildman–Crippen LogP) is 3.54. The second-order valence-corrected chi connectivity index (χ2v) is 7.79. The molecule has 2 unspecified atom stereocenters. The van der Waals surface area contributed by atoms with E-state index in [1.165, 1.54) is 38.5 Å². The summed E-state index contributed by atoms with van der Waals surface area (Å²) in [6, 6.07) is 0.242. The topological polar surface area (TPSA) is 55.6 Å². The van der Waals surface area contributed by atoms with E-state index in [1.807, 2.05) is 25.7 Å². The van der Waals surface area contributed by atoms with Gasteiger partial charge in [-0.2, -0.15) is 0 Å². The van der Waals surface area contributed by atoms with Gasteiger partial charge in [0.1, 0.15) is 5.60 Å². The molecule has 0 spiro atoms. The molecule has 2 fully saturated rings. The number of likely N-dealkylation sites (tertiary alicyclic amines) is 1. The molecule has 122 valence electrons. The van der Waals surface area contributed by atoms with Crippen LogP contribution in [0.4, 0.5) is 4.79 Å². The van der Waals surface area contributed by atoms with Crippen LogP contribution in [0, 0.1) is 11.8 Å². The highest BCUT2D eigenvalue weighted by Gasteiger charge is 2.36. The molecule has 1 amide bonds. The van der Waals surface area contributed by atoms with E-state index in [4.69, 9.17) is 10.5 Å². The minimum absolute atomic E-state index is 0.173. The maximum Gasteiger partial charge on any atom is 0.410 e. The number of ether oxygens (including phenoxy) is 1. The molecule has 4 heteroatoms. The maximum atomic E-state index is 12.3. The van der Waals surface area contributed by atoms with Crippen molar-refractivity contribution in [2.24, 2.45) is 17.6 Å². The first-order valence-electron chi connectivity index (χ1n) is 8.60. The molecule has 0 aromatic rings. The SMILES string of the molecule is CC(C)(C)OC(=O)N1CCC(N)C(C2CCCCCC2)C1. The van der Waals surface area contributed by atoms with Gasteiger partial charge in [0.05, 0.1) is 0 Å². The Morgan fingerprint density at radius 3 is 2.29 bits per heavy atom. The van der Waals surface area contributed by atoms with Gasteiger partial charge in [0.15, 0.2) is 0 Å². The number of amides is 1. The van der Waals surface area contributed by atoms with Crippen LogP contribution in [0.5, 0.6) is 0 Å². The Kier molecular flexibility index (Phi) is 5.53. The Bertz CT molecular complexity index is 343. The fourth-order valence-electron chi connectivity index (χ4n) is 3.73. The second-order valence-electron chi connectivity index (χ2n) is 7.79. The molecular weight excluding hydrogens is 264 g/mol. The average molecular weight is 296 g/mol. The van der Waals surface area contributed by atoms with Crippen molar-refractivity contribution in [1.82, 2.24) is 4.90 Å². The monoisotopic (exact) mass is 296 g/mol. The number of carbonyl (C=O) groups is 1. The molecule has 1 heterocycles. The zero-order valence-electron chi connectivity index (χ0n) is 13.9. The molecule has 2 atom stereocenters. The van der Waals surface area contributed by atoms with E-state index in [2.05, 4.69) is 0 Å². The summed E-state index contributed by atoms with van der Waals surface area (Å²) in [5, 5.41) is 0. The lowest BCUT2D eigenvalue weighted by Crippen LogP contribution is -2.52. The lowest BCUT2D eigenvalue weighted by molar-refractivity contribution is 0.00964. The normalized spacial score (nSPS) is 29.0. The lowest BCUT2D eigenvalue weighted by atomic mass is 9.78. The number of rotatable bonds is 1. The second kappa shape index (κ2) is 6.99. The van der Waals surface area contributed by atoms with Crippen molar-refractivity contribution >= 4 is 6.09 Å². The van der Waals surface area contributed by atoms with Crippen LogP contribution in [0.15, 0.2) is 0 Å². The van der Waals surface area contributed by atoms with Gasteiger partial charge in [-0.15, -0.1) is 0 Å². The summed E-state index contributed by atoms with van der Waals surface area (Å²) >= 11 is 0. The summed E-state index contributed by atoms with van der Waals surface area (Å²) in [5.74, 6) is 1.14. The van der Waals surface area contributed by atoms with E-state index in [1.54, 1.807) is 0 Å². The van der Waals surface area contributed by atoms with Crippen LogP contribution in [0.3, 0.4) is 0 Å². The lowest BCUT2D eigenvalue weighted by Gasteiger charge is -2.41. The summed E-state index contributed by atoms with van der Waals surface area (Å²) in [7, 11) is 0. The van der Waals surface area contributed by atoms with E-state index in [9.17, 15) is 4.79 Å². The highest BCUT2D eigenvalue weighted by molar-refractivity contribution is 5.68. The number of nitrogens with zero attached hydrogens (tertiary/aromatic N) is 1. The Balaban J connectivity index is 1.96. The van der Waals surface area contributed by atoms with Crippen LogP contribution in [-0.4, -0.2) is 35.7 Å². The summed E-state index contributed by atoms with van der Waals surface area (Å²) in [5.41, 5.74) is 5.95. The third kappa shape index (κ3) is 4.87. The Morgan fingerprint density at radius 2 is 1.71 bits per heavy atom. The number of piperidine rings is 1. The number of hydrogen-bond acceptors (Lipinski definition) is 3. The molecule has 21 heavy (non-hydrogen) atoms. The summed E-state index contributed by atoms with van der Waals surface area (Å²) < 4.78 is 5.52. The summed E-state index contributed by atoms with van der Waals surface area (Å²) in [6.07, 6.45) is 8.64. The highest BCUT2D eigenvalue weighted by Crippen LogP contribution is 2.34. The van der Waals surface area contributed by atoms with E-state index in [-0.39, 0.29) is 12.1 Å². The fraction of sp³-hybridized carbons (Fsp3) is 0.941. The van der Waals surface area contributed by atoms with Crippen molar-refractivity contribution in [2.75, 3.05) is 13.1 Å². The minimum Gasteiger partial charge on any atom is -0.444 e. The molecule has 2 aliphatic rings. The van der Waals surface area contributed by atoms with Crippen LogP contribution in [0.1, 0.15) is 65.7 Å². The Morgan fingerprint density at radius 1 is 1.10 bits per heavy atom. The van der Waals surface area contributed by atoms with Gasteiger partial charge in [-0.25, -0.2) is 4.79 Å². The van der Waals surface area contributed by atoms with Gasteiger partial charge in [-0.3, -0.25) is 0 Å². The van der Waals surface area contributed by atoms with Crippen molar-refractivity contribution < 1.29 is 9.53 Å². The van der Waals surface area contributed by atoms with Crippen LogP contribution < -0.4 is 5.73 Å². The summed E-state index contributed by atoms with van der Waals surface area (Å²) in [6.45, 7) is 7.27. The molecular formula is C17H32N2O2. The Labute approximate surface area is 129 Å². The zero-order chi connectivity index (χ0) is 15.5. The van der Waals surface area contributed by atoms with Crippen molar-refractivity contribution in [2.45, 2.75) is 77.4 Å². The van der Waals surface area contributed by atoms with Gasteiger partial charge in [0.2, 0.25) is 0 Å². The van der Waals surface area contributed by atoms with E-state index >= 15 is 0 Å². The van der Waals surface area contributed by atoms with Crippen molar-refractivity contribution in [3.05, 3.63) is 0 Å². The van der Waals surface area contributed by atoms with Gasteiger partial charge in [0, 0.05) is 19.1 Å². The number of hydrogen-bond donors (Lipinski definition) is 1. The van der Waals surface area contributed by atoms with Crippen molar-refractivity contribution in [3.63, 3.8) is 0 Å². The first-order chi connectivity index (χ1) is 9.87. The predicted molar refractivity (Wildman–Crippen MR) is 85.1 cm³/mol. The quantitative estimate of drug-likeness (QED) is 0.753. The van der Waals surface area contributed by atoms with E-state index in [0.29, 0.717) is 11.8 Å². The third-order valence-electron chi connectivity index (χ3n) is 4.87. The smallest absolute Gasteiger partial charge is 0.410 e. The third-order valence-corrected chi connectivity index (χ3v) is 4.87. The van der Waals surface area contributed by atoms with Gasteiger partial charge >= 0.3 is 6.09 Å². The molecule has 1 saturated heterocycles. The molecule has 1 aliphatic heterocycles. The fourth-order valence-corrected chi connectivity index (χ4v) is 3.73. The van der Waals surface area contributed by atoms with Crippen LogP contribution >= 0.6 is 0 Å². The van der Waals surface area contributed by atoms with Crippen molar-refractivity contribution in [1.29, 1.82) is 0 Å². The molecule has 2 N–H and O–H groups in total. The van der Waals surface area contributed by atoms with Crippen LogP contribution in [0.2, 0.25) is 0 Å². The largest absolute Gasteiger partial charge is 0.444 e. The molecule has 0 bridgehead atoms. The first-order valence-corrected chi connectivity index (χ1v) is 8.60. The van der Waals surface area contributed by atoms with E-state index in [0.717, 1.165) is 19.5 Å². The van der Waals surface area contributed by atoms with Crippen LogP contribution in [0.25, 0.3) is 0 Å². The first kappa shape index (κ1) is 16.6. The highest BCUT2D eigenvalue weighted by atomic mass is 16.6. The molecule has 2 rings (SSSR count). The number of nitrogens with two attached hydrogens (primary N) is 1. The molecule has 0 radical (unpaired) electrons. The summed E-state index contributed by atoms with van der Waals surface area (Å²) in [4.78, 5) is 14.2.